The summed E-state index contributed by atoms with van der Waals surface area (Å²) in [6, 6.07) is 10.1. The van der Waals surface area contributed by atoms with Gasteiger partial charge in [0, 0.05) is 50.6 Å². The fourth-order valence-electron chi connectivity index (χ4n) is 2.50. The van der Waals surface area contributed by atoms with Gasteiger partial charge in [-0.2, -0.15) is 0 Å². The molecule has 0 saturated carbocycles. The standard InChI is InChI=1S/C15H25N3/c1-5-13-11-18(12(2)10-16-13)15-8-6-14(7-9-15)17(3)4/h6-9,12-13,16H,5,10-11H2,1-4H3. The Bertz CT molecular complexity index is 372. The molecule has 3 nitrogen and oxygen atoms in total. The molecule has 1 N–H and O–H groups in total. The fourth-order valence-corrected chi connectivity index (χ4v) is 2.50. The van der Waals surface area contributed by atoms with Gasteiger partial charge in [0.15, 0.2) is 0 Å². The molecule has 0 aliphatic carbocycles. The van der Waals surface area contributed by atoms with E-state index in [0.717, 1.165) is 13.1 Å². The molecule has 0 bridgehead atoms. The van der Waals surface area contributed by atoms with Crippen LogP contribution in [0.3, 0.4) is 0 Å². The Balaban J connectivity index is 2.13. The van der Waals surface area contributed by atoms with E-state index in [2.05, 4.69) is 67.3 Å². The zero-order chi connectivity index (χ0) is 13.1. The first-order valence-corrected chi connectivity index (χ1v) is 6.89. The third-order valence-corrected chi connectivity index (χ3v) is 3.84. The van der Waals surface area contributed by atoms with Crippen molar-refractivity contribution in [2.45, 2.75) is 32.4 Å². The fraction of sp³-hybridized carbons (Fsp3) is 0.600. The van der Waals surface area contributed by atoms with Gasteiger partial charge in [0.25, 0.3) is 0 Å². The van der Waals surface area contributed by atoms with Crippen LogP contribution in [0.4, 0.5) is 11.4 Å². The van der Waals surface area contributed by atoms with Crippen LogP contribution in [0.25, 0.3) is 0 Å². The molecule has 1 heterocycles. The highest BCUT2D eigenvalue weighted by atomic mass is 15.2. The van der Waals surface area contributed by atoms with Gasteiger partial charge < -0.3 is 15.1 Å². The number of nitrogens with zero attached hydrogens (tertiary/aromatic N) is 2. The lowest BCUT2D eigenvalue weighted by molar-refractivity contribution is 0.397. The molecule has 1 aromatic carbocycles. The van der Waals surface area contributed by atoms with Gasteiger partial charge in [-0.25, -0.2) is 0 Å². The summed E-state index contributed by atoms with van der Waals surface area (Å²) in [5.41, 5.74) is 2.60. The summed E-state index contributed by atoms with van der Waals surface area (Å²) in [6.45, 7) is 6.73. The predicted octanol–water partition coefficient (Wildman–Crippen LogP) is 2.33. The maximum Gasteiger partial charge on any atom is 0.0387 e. The van der Waals surface area contributed by atoms with E-state index in [4.69, 9.17) is 0 Å². The number of piperazine rings is 1. The molecule has 0 spiro atoms. The molecule has 1 fully saturated rings. The first-order chi connectivity index (χ1) is 8.61. The molecule has 18 heavy (non-hydrogen) atoms. The summed E-state index contributed by atoms with van der Waals surface area (Å²) in [5.74, 6) is 0. The largest absolute Gasteiger partial charge is 0.378 e. The molecule has 2 unspecified atom stereocenters. The first kappa shape index (κ1) is 13.2. The van der Waals surface area contributed by atoms with E-state index in [0.29, 0.717) is 12.1 Å². The topological polar surface area (TPSA) is 18.5 Å². The highest BCUT2D eigenvalue weighted by molar-refractivity contribution is 5.56. The van der Waals surface area contributed by atoms with Gasteiger partial charge >= 0.3 is 0 Å². The SMILES string of the molecule is CCC1CN(c2ccc(N(C)C)cc2)C(C)CN1. The van der Waals surface area contributed by atoms with Gasteiger partial charge in [0.1, 0.15) is 0 Å². The minimum absolute atomic E-state index is 0.568. The van der Waals surface area contributed by atoms with Gasteiger partial charge in [-0.15, -0.1) is 0 Å². The smallest absolute Gasteiger partial charge is 0.0387 e. The number of hydrogen-bond donors (Lipinski definition) is 1. The Morgan fingerprint density at radius 3 is 2.50 bits per heavy atom. The lowest BCUT2D eigenvalue weighted by Gasteiger charge is -2.40. The van der Waals surface area contributed by atoms with E-state index in [-0.39, 0.29) is 0 Å². The van der Waals surface area contributed by atoms with Crippen molar-refractivity contribution < 1.29 is 0 Å². The highest BCUT2D eigenvalue weighted by Gasteiger charge is 2.23. The average Bonchev–Trinajstić information content (AvgIpc) is 2.39. The van der Waals surface area contributed by atoms with E-state index >= 15 is 0 Å². The van der Waals surface area contributed by atoms with Gasteiger partial charge in [-0.3, -0.25) is 0 Å². The predicted molar refractivity (Wildman–Crippen MR) is 79.7 cm³/mol. The molecule has 100 valence electrons. The van der Waals surface area contributed by atoms with Crippen molar-refractivity contribution >= 4 is 11.4 Å². The van der Waals surface area contributed by atoms with Gasteiger partial charge in [-0.1, -0.05) is 6.92 Å². The second kappa shape index (κ2) is 5.61. The minimum Gasteiger partial charge on any atom is -0.378 e. The lowest BCUT2D eigenvalue weighted by Crippen LogP contribution is -2.55. The van der Waals surface area contributed by atoms with Crippen LogP contribution in [0.5, 0.6) is 0 Å². The van der Waals surface area contributed by atoms with Crippen LogP contribution in [-0.4, -0.2) is 39.3 Å². The molecular weight excluding hydrogens is 222 g/mol. The maximum absolute atomic E-state index is 3.60. The van der Waals surface area contributed by atoms with Crippen LogP contribution >= 0.6 is 0 Å². The quantitative estimate of drug-likeness (QED) is 0.884. The Morgan fingerprint density at radius 1 is 1.28 bits per heavy atom. The third kappa shape index (κ3) is 2.78. The number of nitrogens with one attached hydrogen (secondary N) is 1. The zero-order valence-electron chi connectivity index (χ0n) is 12.0. The molecule has 1 aromatic rings. The monoisotopic (exact) mass is 247 g/mol. The van der Waals surface area contributed by atoms with Crippen molar-refractivity contribution in [2.75, 3.05) is 37.0 Å². The number of anilines is 2. The van der Waals surface area contributed by atoms with Crippen molar-refractivity contribution in [3.8, 4) is 0 Å². The van der Waals surface area contributed by atoms with Crippen molar-refractivity contribution in [1.29, 1.82) is 0 Å². The summed E-state index contributed by atoms with van der Waals surface area (Å²) in [7, 11) is 4.16. The van der Waals surface area contributed by atoms with Crippen LogP contribution < -0.4 is 15.1 Å². The van der Waals surface area contributed by atoms with Crippen LogP contribution in [0.15, 0.2) is 24.3 Å². The van der Waals surface area contributed by atoms with Crippen LogP contribution in [0.1, 0.15) is 20.3 Å². The zero-order valence-corrected chi connectivity index (χ0v) is 12.0. The molecule has 0 aromatic heterocycles. The van der Waals surface area contributed by atoms with E-state index in [1.165, 1.54) is 17.8 Å². The van der Waals surface area contributed by atoms with Crippen LogP contribution in [-0.2, 0) is 0 Å². The van der Waals surface area contributed by atoms with Crippen LogP contribution in [0, 0.1) is 0 Å². The van der Waals surface area contributed by atoms with Crippen molar-refractivity contribution in [1.82, 2.24) is 5.32 Å². The Hall–Kier alpha value is -1.22. The van der Waals surface area contributed by atoms with E-state index in [1.807, 2.05) is 0 Å². The van der Waals surface area contributed by atoms with Crippen molar-refractivity contribution in [3.05, 3.63) is 24.3 Å². The van der Waals surface area contributed by atoms with Gasteiger partial charge in [0.2, 0.25) is 0 Å². The van der Waals surface area contributed by atoms with Gasteiger partial charge in [0.05, 0.1) is 0 Å². The van der Waals surface area contributed by atoms with E-state index in [1.54, 1.807) is 0 Å². The molecule has 0 radical (unpaired) electrons. The van der Waals surface area contributed by atoms with Crippen molar-refractivity contribution in [3.63, 3.8) is 0 Å². The molecule has 3 heteroatoms. The Kier molecular flexibility index (Phi) is 4.12. The maximum atomic E-state index is 3.60. The van der Waals surface area contributed by atoms with E-state index < -0.39 is 0 Å². The van der Waals surface area contributed by atoms with Gasteiger partial charge in [-0.05, 0) is 37.6 Å². The molecular formula is C15H25N3. The summed E-state index contributed by atoms with van der Waals surface area (Å²) < 4.78 is 0. The molecule has 2 rings (SSSR count). The highest BCUT2D eigenvalue weighted by Crippen LogP contribution is 2.23. The molecule has 1 aliphatic heterocycles. The summed E-state index contributed by atoms with van der Waals surface area (Å²) in [5, 5.41) is 3.60. The second-order valence-corrected chi connectivity index (χ2v) is 5.43. The number of benzene rings is 1. The summed E-state index contributed by atoms with van der Waals surface area (Å²) in [4.78, 5) is 4.66. The summed E-state index contributed by atoms with van der Waals surface area (Å²) in [6.07, 6.45) is 1.19. The molecule has 0 amide bonds. The molecule has 1 saturated heterocycles. The number of rotatable bonds is 3. The first-order valence-electron chi connectivity index (χ1n) is 6.89. The third-order valence-electron chi connectivity index (χ3n) is 3.84. The Morgan fingerprint density at radius 2 is 1.94 bits per heavy atom. The molecule has 2 atom stereocenters. The average molecular weight is 247 g/mol. The summed E-state index contributed by atoms with van der Waals surface area (Å²) >= 11 is 0. The normalized spacial score (nSPS) is 24.1. The molecule has 1 aliphatic rings. The minimum atomic E-state index is 0.568. The van der Waals surface area contributed by atoms with Crippen LogP contribution in [0.2, 0.25) is 0 Å². The van der Waals surface area contributed by atoms with E-state index in [9.17, 15) is 0 Å². The Labute approximate surface area is 111 Å². The lowest BCUT2D eigenvalue weighted by atomic mass is 10.1. The second-order valence-electron chi connectivity index (χ2n) is 5.43. The number of hydrogen-bond acceptors (Lipinski definition) is 3. The van der Waals surface area contributed by atoms with Crippen molar-refractivity contribution in [2.24, 2.45) is 0 Å².